The molecule has 1 aliphatic heterocycles. The van der Waals surface area contributed by atoms with Gasteiger partial charge in [-0.2, -0.15) is 0 Å². The molecule has 2 amide bonds. The van der Waals surface area contributed by atoms with E-state index in [9.17, 15) is 9.59 Å². The Morgan fingerprint density at radius 1 is 1.23 bits per heavy atom. The maximum Gasteiger partial charge on any atom is 0.410 e. The maximum atomic E-state index is 12.2. The molecule has 1 saturated heterocycles. The summed E-state index contributed by atoms with van der Waals surface area (Å²) in [6, 6.07) is 0.167. The van der Waals surface area contributed by atoms with Gasteiger partial charge in [-0.3, -0.25) is 4.79 Å². The Bertz CT molecular complexity index is 379. The Labute approximate surface area is 133 Å². The molecule has 0 aromatic heterocycles. The van der Waals surface area contributed by atoms with Crippen LogP contribution in [0, 0.1) is 0 Å². The fourth-order valence-electron chi connectivity index (χ4n) is 2.74. The molecule has 6 heteroatoms. The average molecular weight is 314 g/mol. The van der Waals surface area contributed by atoms with Crippen molar-refractivity contribution in [1.29, 1.82) is 0 Å². The quantitative estimate of drug-likeness (QED) is 0.799. The Kier molecular flexibility index (Phi) is 7.13. The summed E-state index contributed by atoms with van der Waals surface area (Å²) in [5.41, 5.74) is -0.479. The van der Waals surface area contributed by atoms with Gasteiger partial charge in [0, 0.05) is 32.8 Å². The van der Waals surface area contributed by atoms with Crippen molar-refractivity contribution >= 4 is 12.0 Å². The molecule has 1 heterocycles. The fraction of sp³-hybridized carbons (Fsp3) is 0.875. The summed E-state index contributed by atoms with van der Waals surface area (Å²) in [6.45, 7) is 9.66. The third-order valence-corrected chi connectivity index (χ3v) is 3.72. The van der Waals surface area contributed by atoms with E-state index >= 15 is 0 Å². The number of methoxy groups -OCH3 is 1. The molecule has 128 valence electrons. The first kappa shape index (κ1) is 18.7. The van der Waals surface area contributed by atoms with Crippen LogP contribution in [0.4, 0.5) is 4.79 Å². The number of amides is 2. The van der Waals surface area contributed by atoms with E-state index in [0.717, 1.165) is 19.3 Å². The standard InChI is InChI=1S/C16H30N2O4/c1-6-18(14(19)12-21-5)13-8-7-10-17(11-9-13)15(20)22-16(2,3)4/h13H,6-12H2,1-5H3. The first-order chi connectivity index (χ1) is 10.3. The SMILES string of the molecule is CCN(C(=O)COC)C1CCCN(C(=O)OC(C)(C)C)CC1. The summed E-state index contributed by atoms with van der Waals surface area (Å²) in [5.74, 6) is 0.0146. The van der Waals surface area contributed by atoms with Gasteiger partial charge in [0.15, 0.2) is 0 Å². The van der Waals surface area contributed by atoms with Crippen LogP contribution >= 0.6 is 0 Å². The van der Waals surface area contributed by atoms with Crippen molar-refractivity contribution in [2.45, 2.75) is 58.6 Å². The second-order valence-electron chi connectivity index (χ2n) is 6.66. The monoisotopic (exact) mass is 314 g/mol. The molecule has 0 radical (unpaired) electrons. The Hall–Kier alpha value is -1.30. The molecule has 1 fully saturated rings. The van der Waals surface area contributed by atoms with E-state index < -0.39 is 5.60 Å². The summed E-state index contributed by atoms with van der Waals surface area (Å²) < 4.78 is 10.4. The second kappa shape index (κ2) is 8.36. The van der Waals surface area contributed by atoms with E-state index in [0.29, 0.717) is 19.6 Å². The summed E-state index contributed by atoms with van der Waals surface area (Å²) in [4.78, 5) is 27.8. The number of ether oxygens (including phenoxy) is 2. The van der Waals surface area contributed by atoms with Crippen LogP contribution in [-0.4, -0.2) is 66.8 Å². The zero-order valence-electron chi connectivity index (χ0n) is 14.6. The van der Waals surface area contributed by atoms with Crippen molar-refractivity contribution in [3.8, 4) is 0 Å². The topological polar surface area (TPSA) is 59.1 Å². The number of likely N-dealkylation sites (tertiary alicyclic amines) is 1. The van der Waals surface area contributed by atoms with Gasteiger partial charge in [0.05, 0.1) is 0 Å². The summed E-state index contributed by atoms with van der Waals surface area (Å²) >= 11 is 0. The zero-order valence-corrected chi connectivity index (χ0v) is 14.6. The number of carbonyl (C=O) groups is 2. The molecule has 0 bridgehead atoms. The number of nitrogens with zero attached hydrogens (tertiary/aromatic N) is 2. The highest BCUT2D eigenvalue weighted by molar-refractivity contribution is 5.77. The summed E-state index contributed by atoms with van der Waals surface area (Å²) in [7, 11) is 1.53. The van der Waals surface area contributed by atoms with Gasteiger partial charge < -0.3 is 19.3 Å². The first-order valence-electron chi connectivity index (χ1n) is 8.04. The lowest BCUT2D eigenvalue weighted by Gasteiger charge is -2.30. The van der Waals surface area contributed by atoms with E-state index in [1.807, 2.05) is 32.6 Å². The van der Waals surface area contributed by atoms with Crippen LogP contribution in [0.5, 0.6) is 0 Å². The molecule has 1 rings (SSSR count). The minimum absolute atomic E-state index is 0.0146. The predicted octanol–water partition coefficient (Wildman–Crippen LogP) is 2.27. The molecule has 0 spiro atoms. The van der Waals surface area contributed by atoms with Gasteiger partial charge in [-0.1, -0.05) is 0 Å². The number of rotatable bonds is 4. The van der Waals surface area contributed by atoms with Crippen LogP contribution in [0.3, 0.4) is 0 Å². The van der Waals surface area contributed by atoms with Crippen molar-refractivity contribution in [1.82, 2.24) is 9.80 Å². The van der Waals surface area contributed by atoms with Gasteiger partial charge in [0.1, 0.15) is 12.2 Å². The Morgan fingerprint density at radius 3 is 2.45 bits per heavy atom. The fourth-order valence-corrected chi connectivity index (χ4v) is 2.74. The summed E-state index contributed by atoms with van der Waals surface area (Å²) in [6.07, 6.45) is 2.30. The van der Waals surface area contributed by atoms with Crippen molar-refractivity contribution in [2.75, 3.05) is 33.4 Å². The number of carbonyl (C=O) groups excluding carboxylic acids is 2. The largest absolute Gasteiger partial charge is 0.444 e. The molecule has 1 unspecified atom stereocenters. The zero-order chi connectivity index (χ0) is 16.8. The molecule has 0 N–H and O–H groups in total. The molecule has 0 saturated carbocycles. The summed E-state index contributed by atoms with van der Waals surface area (Å²) in [5, 5.41) is 0. The normalized spacial score (nSPS) is 19.5. The van der Waals surface area contributed by atoms with Gasteiger partial charge in [-0.15, -0.1) is 0 Å². The minimum Gasteiger partial charge on any atom is -0.444 e. The molecule has 0 aliphatic carbocycles. The molecular weight excluding hydrogens is 284 g/mol. The van der Waals surface area contributed by atoms with E-state index in [1.54, 1.807) is 4.90 Å². The van der Waals surface area contributed by atoms with Gasteiger partial charge in [-0.25, -0.2) is 4.79 Å². The number of hydrogen-bond acceptors (Lipinski definition) is 4. The van der Waals surface area contributed by atoms with Crippen LogP contribution in [0.25, 0.3) is 0 Å². The van der Waals surface area contributed by atoms with Crippen LogP contribution < -0.4 is 0 Å². The second-order valence-corrected chi connectivity index (χ2v) is 6.66. The van der Waals surface area contributed by atoms with Gasteiger partial charge in [-0.05, 0) is 47.0 Å². The van der Waals surface area contributed by atoms with Crippen molar-refractivity contribution in [3.05, 3.63) is 0 Å². The van der Waals surface area contributed by atoms with E-state index in [-0.39, 0.29) is 24.6 Å². The molecule has 0 aromatic rings. The molecule has 22 heavy (non-hydrogen) atoms. The third-order valence-electron chi connectivity index (χ3n) is 3.72. The number of hydrogen-bond donors (Lipinski definition) is 0. The lowest BCUT2D eigenvalue weighted by molar-refractivity contribution is -0.137. The molecule has 6 nitrogen and oxygen atoms in total. The van der Waals surface area contributed by atoms with Crippen LogP contribution in [0.15, 0.2) is 0 Å². The van der Waals surface area contributed by atoms with Crippen molar-refractivity contribution < 1.29 is 19.1 Å². The predicted molar refractivity (Wildman–Crippen MR) is 84.7 cm³/mol. The average Bonchev–Trinajstić information content (AvgIpc) is 2.64. The van der Waals surface area contributed by atoms with Gasteiger partial charge in [0.2, 0.25) is 5.91 Å². The maximum absolute atomic E-state index is 12.2. The highest BCUT2D eigenvalue weighted by Gasteiger charge is 2.28. The molecule has 0 aromatic carbocycles. The third kappa shape index (κ3) is 5.83. The Morgan fingerprint density at radius 2 is 1.91 bits per heavy atom. The number of likely N-dealkylation sites (N-methyl/N-ethyl adjacent to an activating group) is 1. The van der Waals surface area contributed by atoms with Gasteiger partial charge >= 0.3 is 6.09 Å². The smallest absolute Gasteiger partial charge is 0.410 e. The molecular formula is C16H30N2O4. The van der Waals surface area contributed by atoms with Crippen LogP contribution in [0.2, 0.25) is 0 Å². The lowest BCUT2D eigenvalue weighted by atomic mass is 10.1. The van der Waals surface area contributed by atoms with Gasteiger partial charge in [0.25, 0.3) is 0 Å². The van der Waals surface area contributed by atoms with E-state index in [2.05, 4.69) is 0 Å². The molecule has 1 aliphatic rings. The van der Waals surface area contributed by atoms with E-state index in [4.69, 9.17) is 9.47 Å². The molecule has 1 atom stereocenters. The van der Waals surface area contributed by atoms with Crippen LogP contribution in [0.1, 0.15) is 47.0 Å². The van der Waals surface area contributed by atoms with Crippen molar-refractivity contribution in [3.63, 3.8) is 0 Å². The minimum atomic E-state index is -0.479. The Balaban J connectivity index is 2.61. The van der Waals surface area contributed by atoms with Crippen molar-refractivity contribution in [2.24, 2.45) is 0 Å². The highest BCUT2D eigenvalue weighted by Crippen LogP contribution is 2.19. The lowest BCUT2D eigenvalue weighted by Crippen LogP contribution is -2.43. The first-order valence-corrected chi connectivity index (χ1v) is 8.04. The highest BCUT2D eigenvalue weighted by atomic mass is 16.6. The van der Waals surface area contributed by atoms with E-state index in [1.165, 1.54) is 7.11 Å². The van der Waals surface area contributed by atoms with Crippen LogP contribution in [-0.2, 0) is 14.3 Å².